The van der Waals surface area contributed by atoms with Crippen molar-refractivity contribution >= 4 is 17.8 Å². The molecule has 0 aromatic rings. The van der Waals surface area contributed by atoms with Gasteiger partial charge in [-0.15, -0.1) is 0 Å². The zero-order chi connectivity index (χ0) is 15.4. The number of nitrogens with one attached hydrogen (secondary N) is 1. The molecule has 118 valence electrons. The van der Waals surface area contributed by atoms with Gasteiger partial charge in [0.05, 0.1) is 11.8 Å². The molecule has 0 aromatic heterocycles. The summed E-state index contributed by atoms with van der Waals surface area (Å²) in [7, 11) is 0. The van der Waals surface area contributed by atoms with E-state index in [-0.39, 0.29) is 23.8 Å². The van der Waals surface area contributed by atoms with E-state index in [1.807, 2.05) is 6.92 Å². The van der Waals surface area contributed by atoms with Crippen molar-refractivity contribution in [3.63, 3.8) is 0 Å². The minimum Gasteiger partial charge on any atom is -0.481 e. The average Bonchev–Trinajstić information content (AvgIpc) is 2.37. The Balaban J connectivity index is 1.87. The Morgan fingerprint density at radius 1 is 1.19 bits per heavy atom. The van der Waals surface area contributed by atoms with Crippen LogP contribution in [0.25, 0.3) is 0 Å². The maximum absolute atomic E-state index is 12.4. The van der Waals surface area contributed by atoms with Crippen LogP contribution in [-0.4, -0.2) is 46.9 Å². The minimum atomic E-state index is -0.871. The fourth-order valence-corrected chi connectivity index (χ4v) is 3.15. The van der Waals surface area contributed by atoms with Crippen molar-refractivity contribution in [2.24, 2.45) is 11.8 Å². The molecule has 2 N–H and O–H groups in total. The number of likely N-dealkylation sites (tertiary alicyclic amines) is 1. The second kappa shape index (κ2) is 6.91. The molecule has 0 aromatic carbocycles. The van der Waals surface area contributed by atoms with E-state index in [1.165, 1.54) is 0 Å². The van der Waals surface area contributed by atoms with Gasteiger partial charge in [-0.25, -0.2) is 0 Å². The number of piperidine rings is 1. The summed E-state index contributed by atoms with van der Waals surface area (Å²) in [6.07, 6.45) is 4.31. The third kappa shape index (κ3) is 3.74. The van der Waals surface area contributed by atoms with Crippen LogP contribution >= 0.6 is 0 Å². The number of hydrogen-bond acceptors (Lipinski definition) is 3. The highest BCUT2D eigenvalue weighted by Crippen LogP contribution is 2.36. The standard InChI is InChI=1S/C15H24N2O4/c1-2-4-13(18)16-10-5-3-8-17(9-10)14(19)11-6-7-12(11)15(20)21/h10-12H,2-9H2,1H3,(H,16,18)(H,20,21). The summed E-state index contributed by atoms with van der Waals surface area (Å²) in [6, 6.07) is 0.00473. The van der Waals surface area contributed by atoms with Gasteiger partial charge in [0.2, 0.25) is 11.8 Å². The van der Waals surface area contributed by atoms with Gasteiger partial charge in [-0.2, -0.15) is 0 Å². The SMILES string of the molecule is CCCC(=O)NC1CCCN(C(=O)C2CCC2C(=O)O)C1. The number of hydrogen-bond donors (Lipinski definition) is 2. The van der Waals surface area contributed by atoms with E-state index < -0.39 is 11.9 Å². The van der Waals surface area contributed by atoms with Crippen molar-refractivity contribution < 1.29 is 19.5 Å². The van der Waals surface area contributed by atoms with Gasteiger partial charge in [0.15, 0.2) is 0 Å². The van der Waals surface area contributed by atoms with Gasteiger partial charge in [-0.1, -0.05) is 6.92 Å². The maximum Gasteiger partial charge on any atom is 0.307 e. The molecule has 2 amide bonds. The Kier molecular flexibility index (Phi) is 5.20. The van der Waals surface area contributed by atoms with Gasteiger partial charge in [0.1, 0.15) is 0 Å². The highest BCUT2D eigenvalue weighted by Gasteiger charge is 2.43. The molecule has 1 saturated heterocycles. The van der Waals surface area contributed by atoms with Crippen LogP contribution in [-0.2, 0) is 14.4 Å². The van der Waals surface area contributed by atoms with E-state index in [0.29, 0.717) is 32.4 Å². The molecule has 2 aliphatic rings. The lowest BCUT2D eigenvalue weighted by Gasteiger charge is -2.40. The average molecular weight is 296 g/mol. The Labute approximate surface area is 124 Å². The maximum atomic E-state index is 12.4. The lowest BCUT2D eigenvalue weighted by molar-refractivity contribution is -0.157. The molecule has 6 heteroatoms. The molecular weight excluding hydrogens is 272 g/mol. The smallest absolute Gasteiger partial charge is 0.307 e. The molecule has 0 bridgehead atoms. The molecule has 1 aliphatic heterocycles. The molecule has 3 unspecified atom stereocenters. The first-order chi connectivity index (χ1) is 10.0. The highest BCUT2D eigenvalue weighted by atomic mass is 16.4. The van der Waals surface area contributed by atoms with Gasteiger partial charge in [-0.05, 0) is 32.1 Å². The van der Waals surface area contributed by atoms with Crippen molar-refractivity contribution in [3.8, 4) is 0 Å². The fourth-order valence-electron chi connectivity index (χ4n) is 3.15. The molecule has 3 atom stereocenters. The molecular formula is C15H24N2O4. The number of rotatable bonds is 5. The van der Waals surface area contributed by atoms with E-state index in [9.17, 15) is 14.4 Å². The number of carboxylic acid groups (broad SMARTS) is 1. The summed E-state index contributed by atoms with van der Waals surface area (Å²) in [5, 5.41) is 12.0. The number of carboxylic acids is 1. The van der Waals surface area contributed by atoms with Crippen molar-refractivity contribution in [2.75, 3.05) is 13.1 Å². The summed E-state index contributed by atoms with van der Waals surface area (Å²) >= 11 is 0. The third-order valence-corrected chi connectivity index (χ3v) is 4.48. The van der Waals surface area contributed by atoms with Gasteiger partial charge in [0.25, 0.3) is 0 Å². The number of carbonyl (C=O) groups is 3. The molecule has 2 rings (SSSR count). The summed E-state index contributed by atoms with van der Waals surface area (Å²) in [5.41, 5.74) is 0. The van der Waals surface area contributed by atoms with Crippen LogP contribution in [0.15, 0.2) is 0 Å². The first kappa shape index (κ1) is 15.8. The summed E-state index contributed by atoms with van der Waals surface area (Å²) < 4.78 is 0. The van der Waals surface area contributed by atoms with Crippen LogP contribution in [0.4, 0.5) is 0 Å². The van der Waals surface area contributed by atoms with E-state index in [2.05, 4.69) is 5.32 Å². The topological polar surface area (TPSA) is 86.7 Å². The molecule has 2 fully saturated rings. The van der Waals surface area contributed by atoms with E-state index in [1.54, 1.807) is 4.90 Å². The lowest BCUT2D eigenvalue weighted by Crippen LogP contribution is -2.53. The number of carbonyl (C=O) groups excluding carboxylic acids is 2. The van der Waals surface area contributed by atoms with Crippen LogP contribution in [0.3, 0.4) is 0 Å². The summed E-state index contributed by atoms with van der Waals surface area (Å²) in [4.78, 5) is 36.8. The van der Waals surface area contributed by atoms with Gasteiger partial charge < -0.3 is 15.3 Å². The minimum absolute atomic E-state index is 0.00473. The largest absolute Gasteiger partial charge is 0.481 e. The Hall–Kier alpha value is -1.59. The normalized spacial score (nSPS) is 28.6. The first-order valence-electron chi connectivity index (χ1n) is 7.84. The quantitative estimate of drug-likeness (QED) is 0.792. The molecule has 6 nitrogen and oxygen atoms in total. The highest BCUT2D eigenvalue weighted by molar-refractivity contribution is 5.86. The predicted molar refractivity (Wildman–Crippen MR) is 76.5 cm³/mol. The van der Waals surface area contributed by atoms with Crippen LogP contribution in [0.2, 0.25) is 0 Å². The number of nitrogens with zero attached hydrogens (tertiary/aromatic N) is 1. The Morgan fingerprint density at radius 2 is 1.90 bits per heavy atom. The molecule has 0 radical (unpaired) electrons. The third-order valence-electron chi connectivity index (χ3n) is 4.48. The fraction of sp³-hybridized carbons (Fsp3) is 0.800. The second-order valence-electron chi connectivity index (χ2n) is 6.07. The molecule has 0 spiro atoms. The lowest BCUT2D eigenvalue weighted by atomic mass is 9.72. The molecule has 21 heavy (non-hydrogen) atoms. The van der Waals surface area contributed by atoms with E-state index in [4.69, 9.17) is 5.11 Å². The van der Waals surface area contributed by atoms with E-state index >= 15 is 0 Å². The van der Waals surface area contributed by atoms with E-state index in [0.717, 1.165) is 19.3 Å². The van der Waals surface area contributed by atoms with Gasteiger partial charge in [-0.3, -0.25) is 14.4 Å². The van der Waals surface area contributed by atoms with Crippen molar-refractivity contribution in [3.05, 3.63) is 0 Å². The van der Waals surface area contributed by atoms with Crippen LogP contribution in [0, 0.1) is 11.8 Å². The second-order valence-corrected chi connectivity index (χ2v) is 6.07. The van der Waals surface area contributed by atoms with Gasteiger partial charge >= 0.3 is 5.97 Å². The van der Waals surface area contributed by atoms with Gasteiger partial charge in [0, 0.05) is 25.6 Å². The predicted octanol–water partition coefficient (Wildman–Crippen LogP) is 1.00. The van der Waals surface area contributed by atoms with Crippen molar-refractivity contribution in [1.29, 1.82) is 0 Å². The summed E-state index contributed by atoms with van der Waals surface area (Å²) in [6.45, 7) is 3.14. The van der Waals surface area contributed by atoms with Crippen LogP contribution in [0.5, 0.6) is 0 Å². The summed E-state index contributed by atoms with van der Waals surface area (Å²) in [5.74, 6) is -1.78. The zero-order valence-corrected chi connectivity index (χ0v) is 12.5. The zero-order valence-electron chi connectivity index (χ0n) is 12.5. The van der Waals surface area contributed by atoms with Crippen LogP contribution in [0.1, 0.15) is 45.4 Å². The van der Waals surface area contributed by atoms with Crippen molar-refractivity contribution in [1.82, 2.24) is 10.2 Å². The van der Waals surface area contributed by atoms with Crippen molar-refractivity contribution in [2.45, 2.75) is 51.5 Å². The molecule has 1 aliphatic carbocycles. The first-order valence-corrected chi connectivity index (χ1v) is 7.84. The monoisotopic (exact) mass is 296 g/mol. The Morgan fingerprint density at radius 3 is 2.48 bits per heavy atom. The Bertz CT molecular complexity index is 424. The molecule has 1 heterocycles. The number of amides is 2. The number of aliphatic carboxylic acids is 1. The van der Waals surface area contributed by atoms with Crippen LogP contribution < -0.4 is 5.32 Å². The molecule has 1 saturated carbocycles.